The van der Waals surface area contributed by atoms with Crippen molar-refractivity contribution in [3.63, 3.8) is 0 Å². The Morgan fingerprint density at radius 2 is 1.80 bits per heavy atom. The Labute approximate surface area is 93.8 Å². The summed E-state index contributed by atoms with van der Waals surface area (Å²) < 4.78 is 8.75. The molecule has 1 aromatic rings. The summed E-state index contributed by atoms with van der Waals surface area (Å²) in [4.78, 5) is 2.35. The average Bonchev–Trinajstić information content (AvgIpc) is 2.82. The van der Waals surface area contributed by atoms with Gasteiger partial charge >= 0.3 is 0 Å². The molecule has 0 bridgehead atoms. The van der Waals surface area contributed by atoms with Crippen LogP contribution in [0.3, 0.4) is 0 Å². The molecule has 4 heteroatoms. The Kier molecular flexibility index (Phi) is 3.28. The zero-order valence-electron chi connectivity index (χ0n) is 8.44. The molecular formula is C11H14N2OS. The maximum atomic E-state index is 8.75. The van der Waals surface area contributed by atoms with Gasteiger partial charge in [-0.2, -0.15) is 0 Å². The molecule has 0 radical (unpaired) electrons. The third-order valence-electron chi connectivity index (χ3n) is 2.69. The highest BCUT2D eigenvalue weighted by Crippen LogP contribution is 2.21. The molecule has 2 N–H and O–H groups in total. The second-order valence-electron chi connectivity index (χ2n) is 3.66. The van der Waals surface area contributed by atoms with Gasteiger partial charge < -0.3 is 9.45 Å². The van der Waals surface area contributed by atoms with Gasteiger partial charge in [-0.25, -0.2) is 0 Å². The van der Waals surface area contributed by atoms with Gasteiger partial charge in [0, 0.05) is 36.4 Å². The summed E-state index contributed by atoms with van der Waals surface area (Å²) in [6, 6.07) is 7.81. The van der Waals surface area contributed by atoms with Crippen molar-refractivity contribution in [2.45, 2.75) is 12.8 Å². The maximum absolute atomic E-state index is 8.75. The first-order valence-corrected chi connectivity index (χ1v) is 5.84. The Morgan fingerprint density at radius 3 is 2.33 bits per heavy atom. The standard InChI is InChI=1S/C11H14N2OS/c12-11(15-14)9-3-5-10(6-4-9)13-7-1-2-8-13/h3-6,12,14H,1-2,7-8H2. The van der Waals surface area contributed by atoms with E-state index >= 15 is 0 Å². The van der Waals surface area contributed by atoms with Crippen LogP contribution in [-0.4, -0.2) is 22.7 Å². The second-order valence-corrected chi connectivity index (χ2v) is 4.25. The molecule has 0 spiro atoms. The molecular weight excluding hydrogens is 208 g/mol. The summed E-state index contributed by atoms with van der Waals surface area (Å²) in [5, 5.41) is 7.65. The van der Waals surface area contributed by atoms with E-state index in [1.807, 2.05) is 24.3 Å². The van der Waals surface area contributed by atoms with Crippen LogP contribution >= 0.6 is 12.0 Å². The highest BCUT2D eigenvalue weighted by atomic mass is 32.2. The van der Waals surface area contributed by atoms with Crippen molar-refractivity contribution in [1.29, 1.82) is 5.41 Å². The number of nitrogens with one attached hydrogen (secondary N) is 1. The number of anilines is 1. The highest BCUT2D eigenvalue weighted by Gasteiger charge is 2.12. The molecule has 1 aliphatic heterocycles. The fraction of sp³-hybridized carbons (Fsp3) is 0.364. The van der Waals surface area contributed by atoms with Gasteiger partial charge in [0.25, 0.3) is 0 Å². The number of benzene rings is 1. The fourth-order valence-electron chi connectivity index (χ4n) is 1.85. The van der Waals surface area contributed by atoms with Crippen molar-refractivity contribution in [2.24, 2.45) is 0 Å². The lowest BCUT2D eigenvalue weighted by Gasteiger charge is -2.17. The first kappa shape index (κ1) is 10.5. The van der Waals surface area contributed by atoms with Crippen LogP contribution in [0.2, 0.25) is 0 Å². The van der Waals surface area contributed by atoms with E-state index in [-0.39, 0.29) is 5.04 Å². The molecule has 2 rings (SSSR count). The molecule has 1 aromatic carbocycles. The van der Waals surface area contributed by atoms with Crippen LogP contribution in [0, 0.1) is 5.41 Å². The number of rotatable bonds is 2. The summed E-state index contributed by atoms with van der Waals surface area (Å²) in [5.74, 6) is 0. The van der Waals surface area contributed by atoms with Gasteiger partial charge in [-0.15, -0.1) is 0 Å². The number of hydrogen-bond acceptors (Lipinski definition) is 4. The van der Waals surface area contributed by atoms with E-state index in [4.69, 9.17) is 9.96 Å². The normalized spacial score (nSPS) is 15.7. The van der Waals surface area contributed by atoms with Crippen LogP contribution in [-0.2, 0) is 0 Å². The third kappa shape index (κ3) is 2.33. The lowest BCUT2D eigenvalue weighted by molar-refractivity contribution is 0.673. The summed E-state index contributed by atoms with van der Waals surface area (Å²) in [5.41, 5.74) is 1.98. The van der Waals surface area contributed by atoms with E-state index in [0.29, 0.717) is 12.0 Å². The van der Waals surface area contributed by atoms with Crippen LogP contribution in [0.4, 0.5) is 5.69 Å². The molecule has 15 heavy (non-hydrogen) atoms. The quantitative estimate of drug-likeness (QED) is 0.459. The van der Waals surface area contributed by atoms with Crippen LogP contribution in [0.15, 0.2) is 24.3 Å². The van der Waals surface area contributed by atoms with Crippen LogP contribution < -0.4 is 4.90 Å². The molecule has 3 nitrogen and oxygen atoms in total. The van der Waals surface area contributed by atoms with Crippen molar-refractivity contribution in [3.8, 4) is 0 Å². The lowest BCUT2D eigenvalue weighted by atomic mass is 10.2. The summed E-state index contributed by atoms with van der Waals surface area (Å²) in [6.45, 7) is 2.26. The SMILES string of the molecule is N=C(SO)c1ccc(N2CCCC2)cc1. The van der Waals surface area contributed by atoms with Gasteiger partial charge in [-0.3, -0.25) is 5.41 Å². The van der Waals surface area contributed by atoms with E-state index < -0.39 is 0 Å². The Balaban J connectivity index is 2.12. The third-order valence-corrected chi connectivity index (χ3v) is 3.11. The minimum absolute atomic E-state index is 0.197. The first-order chi connectivity index (χ1) is 7.31. The molecule has 1 heterocycles. The molecule has 0 aromatic heterocycles. The van der Waals surface area contributed by atoms with Gasteiger partial charge in [0.15, 0.2) is 0 Å². The van der Waals surface area contributed by atoms with Crippen molar-refractivity contribution in [1.82, 2.24) is 0 Å². The molecule has 1 saturated heterocycles. The Hall–Kier alpha value is -1.00. The van der Waals surface area contributed by atoms with Crippen LogP contribution in [0.1, 0.15) is 18.4 Å². The first-order valence-electron chi connectivity index (χ1n) is 5.06. The maximum Gasteiger partial charge on any atom is 0.122 e. The van der Waals surface area contributed by atoms with E-state index in [2.05, 4.69) is 4.90 Å². The summed E-state index contributed by atoms with van der Waals surface area (Å²) in [7, 11) is 0. The monoisotopic (exact) mass is 222 g/mol. The van der Waals surface area contributed by atoms with Crippen molar-refractivity contribution < 1.29 is 4.55 Å². The topological polar surface area (TPSA) is 47.3 Å². The van der Waals surface area contributed by atoms with E-state index in [1.165, 1.54) is 18.5 Å². The number of nitrogens with zero attached hydrogens (tertiary/aromatic N) is 1. The van der Waals surface area contributed by atoms with E-state index in [0.717, 1.165) is 18.7 Å². The average molecular weight is 222 g/mol. The van der Waals surface area contributed by atoms with Gasteiger partial charge in [0.1, 0.15) is 5.04 Å². The smallest absolute Gasteiger partial charge is 0.122 e. The van der Waals surface area contributed by atoms with E-state index in [1.54, 1.807) is 0 Å². The Bertz CT molecular complexity index is 344. The summed E-state index contributed by atoms with van der Waals surface area (Å²) >= 11 is 0.486. The van der Waals surface area contributed by atoms with Gasteiger partial charge in [0.2, 0.25) is 0 Å². The number of hydrogen-bond donors (Lipinski definition) is 2. The molecule has 0 amide bonds. The molecule has 0 atom stereocenters. The minimum atomic E-state index is 0.197. The van der Waals surface area contributed by atoms with Gasteiger partial charge in [0.05, 0.1) is 0 Å². The molecule has 1 fully saturated rings. The largest absolute Gasteiger partial charge is 0.372 e. The van der Waals surface area contributed by atoms with Crippen LogP contribution in [0.25, 0.3) is 0 Å². The highest BCUT2D eigenvalue weighted by molar-refractivity contribution is 8.09. The lowest BCUT2D eigenvalue weighted by Crippen LogP contribution is -2.17. The predicted octanol–water partition coefficient (Wildman–Crippen LogP) is 2.82. The van der Waals surface area contributed by atoms with Gasteiger partial charge in [-0.05, 0) is 25.0 Å². The molecule has 0 saturated carbocycles. The molecule has 80 valence electrons. The van der Waals surface area contributed by atoms with Crippen molar-refractivity contribution >= 4 is 22.8 Å². The Morgan fingerprint density at radius 1 is 1.20 bits per heavy atom. The van der Waals surface area contributed by atoms with Crippen LogP contribution in [0.5, 0.6) is 0 Å². The second kappa shape index (κ2) is 4.68. The minimum Gasteiger partial charge on any atom is -0.372 e. The molecule has 0 aliphatic carbocycles. The molecule has 0 unspecified atom stereocenters. The van der Waals surface area contributed by atoms with Crippen molar-refractivity contribution in [3.05, 3.63) is 29.8 Å². The molecule has 1 aliphatic rings. The zero-order chi connectivity index (χ0) is 10.7. The van der Waals surface area contributed by atoms with Gasteiger partial charge in [-0.1, -0.05) is 12.1 Å². The predicted molar refractivity (Wildman–Crippen MR) is 64.9 cm³/mol. The fourth-order valence-corrected chi connectivity index (χ4v) is 2.09. The zero-order valence-corrected chi connectivity index (χ0v) is 9.26. The van der Waals surface area contributed by atoms with Crippen molar-refractivity contribution in [2.75, 3.05) is 18.0 Å². The summed E-state index contributed by atoms with van der Waals surface area (Å²) in [6.07, 6.45) is 2.54. The van der Waals surface area contributed by atoms with E-state index in [9.17, 15) is 0 Å².